The van der Waals surface area contributed by atoms with E-state index < -0.39 is 31.1 Å². The van der Waals surface area contributed by atoms with E-state index in [0.29, 0.717) is 26.5 Å². The molecule has 0 bridgehead atoms. The lowest BCUT2D eigenvalue weighted by Crippen LogP contribution is -2.27. The van der Waals surface area contributed by atoms with Crippen LogP contribution in [0.5, 0.6) is 11.5 Å². The van der Waals surface area contributed by atoms with Gasteiger partial charge in [-0.05, 0) is 75.8 Å². The van der Waals surface area contributed by atoms with Gasteiger partial charge in [-0.3, -0.25) is 34.7 Å². The van der Waals surface area contributed by atoms with E-state index in [4.69, 9.17) is 8.92 Å². The molecule has 0 spiro atoms. The van der Waals surface area contributed by atoms with Crippen LogP contribution in [0.15, 0.2) is 70.5 Å². The monoisotopic (exact) mass is 697 g/mol. The van der Waals surface area contributed by atoms with E-state index in [1.165, 1.54) is 49.6 Å². The highest BCUT2D eigenvalue weighted by atomic mass is 127. The van der Waals surface area contributed by atoms with Crippen molar-refractivity contribution in [1.29, 1.82) is 0 Å². The number of ether oxygens (including phenoxy) is 1. The van der Waals surface area contributed by atoms with E-state index in [1.54, 1.807) is 0 Å². The Labute approximate surface area is 244 Å². The fraction of sp³-hybridized carbons (Fsp3) is 0.0833. The molecule has 0 radical (unpaired) electrons. The molecular weight excluding hydrogens is 681 g/mol. The van der Waals surface area contributed by atoms with Gasteiger partial charge in [-0.2, -0.15) is 8.42 Å². The van der Waals surface area contributed by atoms with Gasteiger partial charge in [0.25, 0.3) is 22.5 Å². The van der Waals surface area contributed by atoms with Gasteiger partial charge >= 0.3 is 10.1 Å². The van der Waals surface area contributed by atoms with Crippen molar-refractivity contribution >= 4 is 73.1 Å². The first-order valence-electron chi connectivity index (χ1n) is 10.9. The first kappa shape index (κ1) is 29.0. The SMILES string of the molecule is COc1cc(/C=C2\SC(=O)N(Cc3ccc([N+](=O)[O-])cc3)C2=O)cc(I)c1OS(=O)(=O)c1ccc([N+](=O)[O-])cc1. The molecular formula is C24H16IN3O10S2. The number of carbonyl (C=O) groups excluding carboxylic acids is 2. The van der Waals surface area contributed by atoms with Crippen molar-refractivity contribution in [1.82, 2.24) is 4.90 Å². The van der Waals surface area contributed by atoms with Crippen molar-refractivity contribution in [2.24, 2.45) is 0 Å². The third-order valence-electron chi connectivity index (χ3n) is 5.44. The van der Waals surface area contributed by atoms with Gasteiger partial charge in [0.1, 0.15) is 4.90 Å². The number of hydrogen-bond acceptors (Lipinski definition) is 11. The number of benzene rings is 3. The Balaban J connectivity index is 1.56. The number of nitrogens with zero attached hydrogens (tertiary/aromatic N) is 3. The number of methoxy groups -OCH3 is 1. The Morgan fingerprint density at radius 2 is 1.55 bits per heavy atom. The Hall–Kier alpha value is -4.03. The number of imide groups is 1. The maximum absolute atomic E-state index is 12.9. The van der Waals surface area contributed by atoms with Gasteiger partial charge in [0.15, 0.2) is 11.5 Å². The number of halogens is 1. The van der Waals surface area contributed by atoms with Crippen molar-refractivity contribution < 1.29 is 36.8 Å². The normalized spacial score (nSPS) is 14.4. The van der Waals surface area contributed by atoms with E-state index in [1.807, 2.05) is 22.6 Å². The molecule has 16 heteroatoms. The topological polar surface area (TPSA) is 176 Å². The summed E-state index contributed by atoms with van der Waals surface area (Å²) in [5.41, 5.74) is 0.546. The number of amides is 2. The van der Waals surface area contributed by atoms with Crippen LogP contribution < -0.4 is 8.92 Å². The minimum absolute atomic E-state index is 0.0220. The zero-order valence-corrected chi connectivity index (χ0v) is 24.0. The molecule has 2 amide bonds. The van der Waals surface area contributed by atoms with E-state index in [2.05, 4.69) is 0 Å². The van der Waals surface area contributed by atoms with Crippen LogP contribution in [-0.2, 0) is 21.5 Å². The van der Waals surface area contributed by atoms with Gasteiger partial charge in [0.05, 0.1) is 32.0 Å². The second kappa shape index (κ2) is 11.6. The second-order valence-electron chi connectivity index (χ2n) is 8.01. The lowest BCUT2D eigenvalue weighted by molar-refractivity contribution is -0.385. The molecule has 0 N–H and O–H groups in total. The molecule has 3 aromatic carbocycles. The summed E-state index contributed by atoms with van der Waals surface area (Å²) in [6, 6.07) is 12.6. The maximum Gasteiger partial charge on any atom is 0.339 e. The predicted octanol–water partition coefficient (Wildman–Crippen LogP) is 5.12. The van der Waals surface area contributed by atoms with Crippen molar-refractivity contribution in [2.45, 2.75) is 11.4 Å². The molecule has 0 unspecified atom stereocenters. The Morgan fingerprint density at radius 3 is 2.10 bits per heavy atom. The van der Waals surface area contributed by atoms with Gasteiger partial charge < -0.3 is 8.92 Å². The quantitative estimate of drug-likeness (QED) is 0.0954. The second-order valence-corrected chi connectivity index (χ2v) is 11.7. The minimum atomic E-state index is -4.38. The van der Waals surface area contributed by atoms with Gasteiger partial charge in [0, 0.05) is 24.3 Å². The smallest absolute Gasteiger partial charge is 0.339 e. The fourth-order valence-corrected chi connectivity index (χ4v) is 6.17. The summed E-state index contributed by atoms with van der Waals surface area (Å²) in [5, 5.41) is 21.2. The van der Waals surface area contributed by atoms with Gasteiger partial charge in [-0.15, -0.1) is 0 Å². The van der Waals surface area contributed by atoms with Crippen molar-refractivity contribution in [3.8, 4) is 11.5 Å². The van der Waals surface area contributed by atoms with Crippen LogP contribution in [0, 0.1) is 23.8 Å². The summed E-state index contributed by atoms with van der Waals surface area (Å²) in [6.07, 6.45) is 1.44. The van der Waals surface area contributed by atoms with Crippen molar-refractivity contribution in [3.63, 3.8) is 0 Å². The molecule has 0 saturated carbocycles. The zero-order valence-electron chi connectivity index (χ0n) is 20.2. The number of rotatable bonds is 9. The molecule has 40 heavy (non-hydrogen) atoms. The molecule has 0 aliphatic carbocycles. The van der Waals surface area contributed by atoms with Gasteiger partial charge in [-0.25, -0.2) is 0 Å². The Bertz CT molecular complexity index is 1670. The van der Waals surface area contributed by atoms with Crippen LogP contribution in [0.3, 0.4) is 0 Å². The highest BCUT2D eigenvalue weighted by molar-refractivity contribution is 14.1. The number of thioether (sulfide) groups is 1. The fourth-order valence-electron chi connectivity index (χ4n) is 3.49. The molecule has 0 atom stereocenters. The summed E-state index contributed by atoms with van der Waals surface area (Å²) in [5.74, 6) is -0.679. The highest BCUT2D eigenvalue weighted by Gasteiger charge is 2.35. The molecule has 1 aliphatic rings. The predicted molar refractivity (Wildman–Crippen MR) is 151 cm³/mol. The molecule has 13 nitrogen and oxygen atoms in total. The van der Waals surface area contributed by atoms with Crippen LogP contribution in [0.4, 0.5) is 16.2 Å². The van der Waals surface area contributed by atoms with E-state index in [0.717, 1.165) is 29.2 Å². The summed E-state index contributed by atoms with van der Waals surface area (Å²) >= 11 is 2.54. The van der Waals surface area contributed by atoms with Crippen LogP contribution in [0.25, 0.3) is 6.08 Å². The number of nitro groups is 2. The minimum Gasteiger partial charge on any atom is -0.493 e. The summed E-state index contributed by atoms with van der Waals surface area (Å²) in [4.78, 5) is 46.8. The number of nitro benzene ring substituents is 2. The first-order chi connectivity index (χ1) is 18.9. The zero-order chi connectivity index (χ0) is 29.2. The molecule has 3 aromatic rings. The summed E-state index contributed by atoms with van der Waals surface area (Å²) in [7, 11) is -3.09. The molecule has 1 heterocycles. The largest absolute Gasteiger partial charge is 0.493 e. The van der Waals surface area contributed by atoms with Gasteiger partial charge in [0.2, 0.25) is 0 Å². The Kier molecular flexibility index (Phi) is 8.40. The number of carbonyl (C=O) groups is 2. The standard InChI is InChI=1S/C24H16IN3O10S2/c1-37-20-11-15(10-19(25)22(20)38-40(35,36)18-8-6-17(7-9-18)28(33)34)12-21-23(29)26(24(30)39-21)13-14-2-4-16(5-3-14)27(31)32/h2-12H,13H2,1H3/b21-12-. The third-order valence-corrected chi connectivity index (χ3v) is 8.38. The highest BCUT2D eigenvalue weighted by Crippen LogP contribution is 2.39. The third kappa shape index (κ3) is 6.23. The van der Waals surface area contributed by atoms with Crippen LogP contribution in [0.2, 0.25) is 0 Å². The molecule has 4 rings (SSSR count). The summed E-state index contributed by atoms with van der Waals surface area (Å²) < 4.78 is 36.5. The lowest BCUT2D eigenvalue weighted by atomic mass is 10.1. The van der Waals surface area contributed by atoms with E-state index >= 15 is 0 Å². The van der Waals surface area contributed by atoms with E-state index in [9.17, 15) is 38.2 Å². The molecule has 206 valence electrons. The van der Waals surface area contributed by atoms with Gasteiger partial charge in [-0.1, -0.05) is 12.1 Å². The van der Waals surface area contributed by atoms with Crippen molar-refractivity contribution in [3.05, 3.63) is 100 Å². The summed E-state index contributed by atoms with van der Waals surface area (Å²) in [6.45, 7) is -0.0753. The van der Waals surface area contributed by atoms with Crippen LogP contribution in [-0.4, -0.2) is 41.4 Å². The van der Waals surface area contributed by atoms with Crippen LogP contribution in [0.1, 0.15) is 11.1 Å². The number of non-ortho nitro benzene ring substituents is 2. The van der Waals surface area contributed by atoms with Crippen LogP contribution >= 0.6 is 34.4 Å². The first-order valence-corrected chi connectivity index (χ1v) is 14.2. The molecule has 1 aliphatic heterocycles. The molecule has 1 fully saturated rings. The number of hydrogen-bond donors (Lipinski definition) is 0. The molecule has 0 aromatic heterocycles. The Morgan fingerprint density at radius 1 is 0.975 bits per heavy atom. The van der Waals surface area contributed by atoms with E-state index in [-0.39, 0.29) is 39.2 Å². The molecule has 1 saturated heterocycles. The maximum atomic E-state index is 12.9. The van der Waals surface area contributed by atoms with Crippen molar-refractivity contribution in [2.75, 3.05) is 7.11 Å². The lowest BCUT2D eigenvalue weighted by Gasteiger charge is -2.14. The average molecular weight is 697 g/mol. The average Bonchev–Trinajstić information content (AvgIpc) is 3.17.